The van der Waals surface area contributed by atoms with Crippen molar-refractivity contribution in [2.24, 2.45) is 23.2 Å². The molecule has 6 rings (SSSR count). The Bertz CT molecular complexity index is 568. The number of hydrogen-bond donors (Lipinski definition) is 0. The van der Waals surface area contributed by atoms with Crippen molar-refractivity contribution in [3.63, 3.8) is 0 Å². The molecule has 1 amide bonds. The molecule has 4 saturated carbocycles. The Morgan fingerprint density at radius 2 is 1.67 bits per heavy atom. The first kappa shape index (κ1) is 14.9. The third kappa shape index (κ3) is 2.56. The Balaban J connectivity index is 1.21. The van der Waals surface area contributed by atoms with E-state index in [4.69, 9.17) is 0 Å². The van der Waals surface area contributed by atoms with Gasteiger partial charge in [-0.15, -0.1) is 5.10 Å². The van der Waals surface area contributed by atoms with E-state index in [-0.39, 0.29) is 0 Å². The van der Waals surface area contributed by atoms with Gasteiger partial charge >= 0.3 is 0 Å². The maximum absolute atomic E-state index is 13.0. The molecule has 4 bridgehead atoms. The fourth-order valence-corrected chi connectivity index (χ4v) is 6.73. The summed E-state index contributed by atoms with van der Waals surface area (Å²) >= 11 is 0. The van der Waals surface area contributed by atoms with E-state index in [9.17, 15) is 4.79 Å². The summed E-state index contributed by atoms with van der Waals surface area (Å²) < 4.78 is 1.96. The number of nitrogens with zero attached hydrogens (tertiary/aromatic N) is 4. The topological polar surface area (TPSA) is 51.0 Å². The van der Waals surface area contributed by atoms with Gasteiger partial charge in [0.15, 0.2) is 0 Å². The van der Waals surface area contributed by atoms with Crippen molar-refractivity contribution in [3.8, 4) is 0 Å². The third-order valence-electron chi connectivity index (χ3n) is 7.32. The number of aromatic nitrogens is 3. The second kappa shape index (κ2) is 5.57. The minimum atomic E-state index is 0.370. The molecule has 0 aromatic carbocycles. The van der Waals surface area contributed by atoms with Gasteiger partial charge in [-0.2, -0.15) is 0 Å². The van der Waals surface area contributed by atoms with Crippen molar-refractivity contribution >= 4 is 5.91 Å². The minimum absolute atomic E-state index is 0.370. The molecule has 1 saturated heterocycles. The van der Waals surface area contributed by atoms with E-state index in [1.54, 1.807) is 6.20 Å². The van der Waals surface area contributed by atoms with Crippen molar-refractivity contribution in [2.45, 2.75) is 63.8 Å². The number of amides is 1. The van der Waals surface area contributed by atoms with Crippen LogP contribution in [0.2, 0.25) is 0 Å². The van der Waals surface area contributed by atoms with Crippen molar-refractivity contribution in [3.05, 3.63) is 12.4 Å². The molecular weight excluding hydrogens is 300 g/mol. The number of hydrogen-bond acceptors (Lipinski definition) is 3. The van der Waals surface area contributed by atoms with Gasteiger partial charge in [0.1, 0.15) is 0 Å². The van der Waals surface area contributed by atoms with Gasteiger partial charge in [0, 0.05) is 25.7 Å². The van der Waals surface area contributed by atoms with Crippen LogP contribution in [0.5, 0.6) is 0 Å². The summed E-state index contributed by atoms with van der Waals surface area (Å²) in [5.41, 5.74) is 0.370. The van der Waals surface area contributed by atoms with E-state index in [1.807, 2.05) is 10.9 Å². The average molecular weight is 328 g/mol. The molecule has 0 unspecified atom stereocenters. The van der Waals surface area contributed by atoms with Crippen LogP contribution in [0.25, 0.3) is 0 Å². The Hall–Kier alpha value is -1.39. The number of carbonyl (C=O) groups is 1. The van der Waals surface area contributed by atoms with E-state index in [1.165, 1.54) is 38.5 Å². The van der Waals surface area contributed by atoms with Crippen LogP contribution in [0.1, 0.15) is 63.8 Å². The first-order valence-corrected chi connectivity index (χ1v) is 9.83. The molecule has 130 valence electrons. The molecule has 0 N–H and O–H groups in total. The number of piperidine rings is 1. The van der Waals surface area contributed by atoms with Gasteiger partial charge in [0.05, 0.1) is 12.2 Å². The summed E-state index contributed by atoms with van der Waals surface area (Å²) in [5.74, 6) is 3.22. The predicted molar refractivity (Wildman–Crippen MR) is 90.1 cm³/mol. The quantitative estimate of drug-likeness (QED) is 0.857. The molecule has 1 aliphatic heterocycles. The van der Waals surface area contributed by atoms with Gasteiger partial charge in [-0.1, -0.05) is 5.21 Å². The Kier molecular flexibility index (Phi) is 3.46. The molecule has 0 radical (unpaired) electrons. The molecule has 0 spiro atoms. The fraction of sp³-hybridized carbons (Fsp3) is 0.842. The van der Waals surface area contributed by atoms with Crippen LogP contribution < -0.4 is 0 Å². The highest BCUT2D eigenvalue weighted by atomic mass is 16.2. The molecule has 5 nitrogen and oxygen atoms in total. The highest BCUT2D eigenvalue weighted by Crippen LogP contribution is 2.61. The smallest absolute Gasteiger partial charge is 0.223 e. The van der Waals surface area contributed by atoms with Crippen LogP contribution in [0, 0.1) is 23.2 Å². The third-order valence-corrected chi connectivity index (χ3v) is 7.32. The monoisotopic (exact) mass is 328 g/mol. The zero-order chi connectivity index (χ0) is 16.1. The molecule has 5 fully saturated rings. The van der Waals surface area contributed by atoms with Gasteiger partial charge in [-0.05, 0) is 74.5 Å². The van der Waals surface area contributed by atoms with E-state index in [0.717, 1.165) is 50.1 Å². The second-order valence-corrected chi connectivity index (χ2v) is 9.09. The SMILES string of the molecule is O=C(CC12CC3CC(CC(C3)C1)C2)N1CCC(n2ccnn2)CC1. The summed E-state index contributed by atoms with van der Waals surface area (Å²) in [4.78, 5) is 15.1. The predicted octanol–water partition coefficient (Wildman–Crippen LogP) is 3.05. The van der Waals surface area contributed by atoms with Crippen LogP contribution in [-0.2, 0) is 4.79 Å². The Morgan fingerprint density at radius 3 is 2.21 bits per heavy atom. The summed E-state index contributed by atoms with van der Waals surface area (Å²) in [6, 6.07) is 0.413. The highest BCUT2D eigenvalue weighted by Gasteiger charge is 2.51. The summed E-state index contributed by atoms with van der Waals surface area (Å²) in [7, 11) is 0. The molecule has 2 heterocycles. The zero-order valence-electron chi connectivity index (χ0n) is 14.4. The van der Waals surface area contributed by atoms with E-state index >= 15 is 0 Å². The lowest BCUT2D eigenvalue weighted by Crippen LogP contribution is -2.49. The first-order valence-electron chi connectivity index (χ1n) is 9.83. The number of likely N-dealkylation sites (tertiary alicyclic amines) is 1. The molecule has 5 heteroatoms. The van der Waals surface area contributed by atoms with Gasteiger partial charge in [0.25, 0.3) is 0 Å². The number of rotatable bonds is 3. The van der Waals surface area contributed by atoms with Crippen LogP contribution in [-0.4, -0.2) is 38.9 Å². The van der Waals surface area contributed by atoms with Gasteiger partial charge < -0.3 is 4.90 Å². The highest BCUT2D eigenvalue weighted by molar-refractivity contribution is 5.77. The molecule has 24 heavy (non-hydrogen) atoms. The molecule has 0 atom stereocenters. The van der Waals surface area contributed by atoms with Crippen molar-refractivity contribution in [1.82, 2.24) is 19.9 Å². The van der Waals surface area contributed by atoms with Gasteiger partial charge in [-0.3, -0.25) is 4.79 Å². The van der Waals surface area contributed by atoms with Gasteiger partial charge in [-0.25, -0.2) is 4.68 Å². The lowest BCUT2D eigenvalue weighted by atomic mass is 9.49. The van der Waals surface area contributed by atoms with Gasteiger partial charge in [0.2, 0.25) is 5.91 Å². The van der Waals surface area contributed by atoms with E-state index < -0.39 is 0 Å². The summed E-state index contributed by atoms with van der Waals surface area (Å²) in [5, 5.41) is 8.03. The molecule has 4 aliphatic carbocycles. The molecule has 5 aliphatic rings. The molecule has 1 aromatic heterocycles. The largest absolute Gasteiger partial charge is 0.343 e. The maximum atomic E-state index is 13.0. The molecular formula is C19H28N4O. The van der Waals surface area contributed by atoms with E-state index in [0.29, 0.717) is 17.4 Å². The fourth-order valence-electron chi connectivity index (χ4n) is 6.73. The molecule has 1 aromatic rings. The lowest BCUT2D eigenvalue weighted by molar-refractivity contribution is -0.140. The first-order chi connectivity index (χ1) is 11.7. The standard InChI is InChI=1S/C19H28N4O/c24-18(22-4-1-17(2-5-22)23-6-3-20-21-23)13-19-10-14-7-15(11-19)9-16(8-14)12-19/h3,6,14-17H,1-2,4-5,7-13H2. The van der Waals surface area contributed by atoms with Crippen LogP contribution in [0.3, 0.4) is 0 Å². The average Bonchev–Trinajstić information content (AvgIpc) is 3.07. The maximum Gasteiger partial charge on any atom is 0.223 e. The Morgan fingerprint density at radius 1 is 1.04 bits per heavy atom. The minimum Gasteiger partial charge on any atom is -0.343 e. The number of carbonyl (C=O) groups excluding carboxylic acids is 1. The van der Waals surface area contributed by atoms with Crippen LogP contribution >= 0.6 is 0 Å². The van der Waals surface area contributed by atoms with E-state index in [2.05, 4.69) is 15.2 Å². The zero-order valence-corrected chi connectivity index (χ0v) is 14.4. The summed E-state index contributed by atoms with van der Waals surface area (Å²) in [6.45, 7) is 1.77. The van der Waals surface area contributed by atoms with Crippen molar-refractivity contribution < 1.29 is 4.79 Å². The lowest BCUT2D eigenvalue weighted by Gasteiger charge is -2.57. The van der Waals surface area contributed by atoms with Crippen LogP contribution in [0.15, 0.2) is 12.4 Å². The van der Waals surface area contributed by atoms with Crippen molar-refractivity contribution in [2.75, 3.05) is 13.1 Å². The summed E-state index contributed by atoms with van der Waals surface area (Å²) in [6.07, 6.45) is 14.9. The normalized spacial score (nSPS) is 38.7. The second-order valence-electron chi connectivity index (χ2n) is 9.09. The Labute approximate surface area is 143 Å². The van der Waals surface area contributed by atoms with Crippen LogP contribution in [0.4, 0.5) is 0 Å². The van der Waals surface area contributed by atoms with Crippen molar-refractivity contribution in [1.29, 1.82) is 0 Å².